The van der Waals surface area contributed by atoms with Crippen molar-refractivity contribution in [3.8, 4) is 0 Å². The predicted octanol–water partition coefficient (Wildman–Crippen LogP) is 2.81. The summed E-state index contributed by atoms with van der Waals surface area (Å²) < 4.78 is 0. The largest absolute Gasteiger partial charge is 0.321 e. The number of rotatable bonds is 3. The predicted molar refractivity (Wildman–Crippen MR) is 66.5 cm³/mol. The summed E-state index contributed by atoms with van der Waals surface area (Å²) in [5, 5.41) is 10.7. The van der Waals surface area contributed by atoms with Crippen LogP contribution in [0, 0.1) is 22.0 Å². The monoisotopic (exact) mass is 234 g/mol. The molecule has 1 aliphatic carbocycles. The summed E-state index contributed by atoms with van der Waals surface area (Å²) in [6.07, 6.45) is 1.84. The SMILES string of the molecule is CC(C)C1CC(N)(c2cccc([N+](=O)[O-])c2)C1. The fourth-order valence-corrected chi connectivity index (χ4v) is 2.51. The highest BCUT2D eigenvalue weighted by Crippen LogP contribution is 2.47. The Hall–Kier alpha value is -1.42. The Labute approximate surface area is 101 Å². The molecule has 0 atom stereocenters. The molecule has 0 amide bonds. The van der Waals surface area contributed by atoms with Crippen LogP contribution in [-0.2, 0) is 5.54 Å². The smallest absolute Gasteiger partial charge is 0.269 e. The van der Waals surface area contributed by atoms with Gasteiger partial charge in [-0.1, -0.05) is 26.0 Å². The number of nitro benzene ring substituents is 1. The van der Waals surface area contributed by atoms with E-state index in [2.05, 4.69) is 13.8 Å². The zero-order chi connectivity index (χ0) is 12.6. The van der Waals surface area contributed by atoms with Crippen molar-refractivity contribution in [1.82, 2.24) is 0 Å². The molecule has 1 aliphatic rings. The number of hydrogen-bond donors (Lipinski definition) is 1. The molecular weight excluding hydrogens is 216 g/mol. The molecule has 0 radical (unpaired) electrons. The minimum absolute atomic E-state index is 0.125. The second-order valence-electron chi connectivity index (χ2n) is 5.38. The normalized spacial score (nSPS) is 27.9. The van der Waals surface area contributed by atoms with E-state index in [1.54, 1.807) is 12.1 Å². The van der Waals surface area contributed by atoms with Gasteiger partial charge in [0.15, 0.2) is 0 Å². The standard InChI is InChI=1S/C13H18N2O2/c1-9(2)10-7-13(14,8-10)11-4-3-5-12(6-11)15(16)17/h3-6,9-10H,7-8,14H2,1-2H3. The van der Waals surface area contributed by atoms with E-state index in [9.17, 15) is 10.1 Å². The van der Waals surface area contributed by atoms with Crippen LogP contribution >= 0.6 is 0 Å². The molecule has 1 fully saturated rings. The van der Waals surface area contributed by atoms with E-state index in [4.69, 9.17) is 5.73 Å². The molecule has 0 heterocycles. The molecule has 17 heavy (non-hydrogen) atoms. The molecule has 1 saturated carbocycles. The topological polar surface area (TPSA) is 69.2 Å². The van der Waals surface area contributed by atoms with Gasteiger partial charge in [-0.2, -0.15) is 0 Å². The number of hydrogen-bond acceptors (Lipinski definition) is 3. The molecule has 1 aromatic rings. The van der Waals surface area contributed by atoms with Crippen LogP contribution in [0.1, 0.15) is 32.3 Å². The summed E-state index contributed by atoms with van der Waals surface area (Å²) >= 11 is 0. The minimum atomic E-state index is -0.370. The highest BCUT2D eigenvalue weighted by Gasteiger charge is 2.43. The van der Waals surface area contributed by atoms with Gasteiger partial charge >= 0.3 is 0 Å². The average Bonchev–Trinajstić information content (AvgIpc) is 2.24. The number of nitrogens with zero attached hydrogens (tertiary/aromatic N) is 1. The van der Waals surface area contributed by atoms with Crippen molar-refractivity contribution < 1.29 is 4.92 Å². The second-order valence-corrected chi connectivity index (χ2v) is 5.38. The third-order valence-corrected chi connectivity index (χ3v) is 3.83. The Morgan fingerprint density at radius 2 is 2.12 bits per heavy atom. The number of benzene rings is 1. The van der Waals surface area contributed by atoms with Crippen LogP contribution in [-0.4, -0.2) is 4.92 Å². The maximum atomic E-state index is 10.7. The molecule has 2 rings (SSSR count). The zero-order valence-electron chi connectivity index (χ0n) is 10.2. The molecule has 0 bridgehead atoms. The first-order valence-electron chi connectivity index (χ1n) is 5.96. The maximum Gasteiger partial charge on any atom is 0.269 e. The molecule has 2 N–H and O–H groups in total. The van der Waals surface area contributed by atoms with Crippen LogP contribution in [0.15, 0.2) is 24.3 Å². The highest BCUT2D eigenvalue weighted by atomic mass is 16.6. The quantitative estimate of drug-likeness (QED) is 0.645. The lowest BCUT2D eigenvalue weighted by Gasteiger charge is -2.47. The molecular formula is C13H18N2O2. The van der Waals surface area contributed by atoms with E-state index in [-0.39, 0.29) is 16.1 Å². The second kappa shape index (κ2) is 4.11. The summed E-state index contributed by atoms with van der Waals surface area (Å²) in [5.74, 6) is 1.27. The number of nitro groups is 1. The van der Waals surface area contributed by atoms with E-state index >= 15 is 0 Å². The summed E-state index contributed by atoms with van der Waals surface area (Å²) in [7, 11) is 0. The Morgan fingerprint density at radius 3 is 2.65 bits per heavy atom. The summed E-state index contributed by atoms with van der Waals surface area (Å²) in [4.78, 5) is 10.4. The van der Waals surface area contributed by atoms with Crippen molar-refractivity contribution >= 4 is 5.69 Å². The van der Waals surface area contributed by atoms with E-state index in [0.717, 1.165) is 18.4 Å². The van der Waals surface area contributed by atoms with E-state index in [0.29, 0.717) is 11.8 Å². The third kappa shape index (κ3) is 2.17. The van der Waals surface area contributed by atoms with Crippen LogP contribution in [0.3, 0.4) is 0 Å². The van der Waals surface area contributed by atoms with Crippen LogP contribution < -0.4 is 5.73 Å². The van der Waals surface area contributed by atoms with Crippen LogP contribution in [0.25, 0.3) is 0 Å². The molecule has 92 valence electrons. The van der Waals surface area contributed by atoms with Gasteiger partial charge in [-0.15, -0.1) is 0 Å². The van der Waals surface area contributed by atoms with Gasteiger partial charge in [-0.05, 0) is 30.2 Å². The average molecular weight is 234 g/mol. The van der Waals surface area contributed by atoms with Crippen molar-refractivity contribution in [2.45, 2.75) is 32.2 Å². The molecule has 0 unspecified atom stereocenters. The summed E-state index contributed by atoms with van der Waals surface area (Å²) in [6.45, 7) is 4.38. The van der Waals surface area contributed by atoms with Gasteiger partial charge < -0.3 is 5.73 Å². The minimum Gasteiger partial charge on any atom is -0.321 e. The van der Waals surface area contributed by atoms with Gasteiger partial charge in [0, 0.05) is 17.7 Å². The molecule has 0 spiro atoms. The zero-order valence-corrected chi connectivity index (χ0v) is 10.2. The Balaban J connectivity index is 2.19. The van der Waals surface area contributed by atoms with E-state index in [1.807, 2.05) is 6.07 Å². The molecule has 4 nitrogen and oxygen atoms in total. The van der Waals surface area contributed by atoms with E-state index < -0.39 is 0 Å². The summed E-state index contributed by atoms with van der Waals surface area (Å²) in [6, 6.07) is 6.72. The molecule has 0 saturated heterocycles. The van der Waals surface area contributed by atoms with Gasteiger partial charge in [-0.25, -0.2) is 0 Å². The Kier molecular flexibility index (Phi) is 2.91. The lowest BCUT2D eigenvalue weighted by Crippen LogP contribution is -2.50. The van der Waals surface area contributed by atoms with Crippen LogP contribution in [0.2, 0.25) is 0 Å². The fraction of sp³-hybridized carbons (Fsp3) is 0.538. The van der Waals surface area contributed by atoms with Gasteiger partial charge in [0.25, 0.3) is 5.69 Å². The van der Waals surface area contributed by atoms with Crippen molar-refractivity contribution in [1.29, 1.82) is 0 Å². The van der Waals surface area contributed by atoms with Crippen molar-refractivity contribution in [3.05, 3.63) is 39.9 Å². The highest BCUT2D eigenvalue weighted by molar-refractivity contribution is 5.39. The van der Waals surface area contributed by atoms with E-state index in [1.165, 1.54) is 6.07 Å². The third-order valence-electron chi connectivity index (χ3n) is 3.83. The molecule has 4 heteroatoms. The molecule has 0 aliphatic heterocycles. The van der Waals surface area contributed by atoms with Crippen LogP contribution in [0.5, 0.6) is 0 Å². The first kappa shape index (κ1) is 12.0. The lowest BCUT2D eigenvalue weighted by atomic mass is 9.62. The van der Waals surface area contributed by atoms with Crippen LogP contribution in [0.4, 0.5) is 5.69 Å². The van der Waals surface area contributed by atoms with Gasteiger partial charge in [0.1, 0.15) is 0 Å². The number of non-ortho nitro benzene ring substituents is 1. The van der Waals surface area contributed by atoms with Gasteiger partial charge in [0.2, 0.25) is 0 Å². The number of nitrogens with two attached hydrogens (primary N) is 1. The van der Waals surface area contributed by atoms with Crippen molar-refractivity contribution in [2.75, 3.05) is 0 Å². The van der Waals surface area contributed by atoms with Crippen molar-refractivity contribution in [2.24, 2.45) is 17.6 Å². The molecule has 1 aromatic carbocycles. The van der Waals surface area contributed by atoms with Gasteiger partial charge in [-0.3, -0.25) is 10.1 Å². The first-order chi connectivity index (χ1) is 7.92. The maximum absolute atomic E-state index is 10.7. The van der Waals surface area contributed by atoms with Crippen molar-refractivity contribution in [3.63, 3.8) is 0 Å². The Bertz CT molecular complexity index is 437. The molecule has 0 aromatic heterocycles. The van der Waals surface area contributed by atoms with Gasteiger partial charge in [0.05, 0.1) is 4.92 Å². The summed E-state index contributed by atoms with van der Waals surface area (Å²) in [5.41, 5.74) is 6.96. The lowest BCUT2D eigenvalue weighted by molar-refractivity contribution is -0.385. The first-order valence-corrected chi connectivity index (χ1v) is 5.96. The fourth-order valence-electron chi connectivity index (χ4n) is 2.51. The Morgan fingerprint density at radius 1 is 1.47 bits per heavy atom.